The molecule has 0 radical (unpaired) electrons. The third-order valence-corrected chi connectivity index (χ3v) is 4.11. The van der Waals surface area contributed by atoms with E-state index < -0.39 is 11.8 Å². The number of nitrogens with zero attached hydrogens (tertiary/aromatic N) is 1. The lowest BCUT2D eigenvalue weighted by molar-refractivity contribution is -0.136. The van der Waals surface area contributed by atoms with Crippen LogP contribution >= 0.6 is 0 Å². The molecule has 0 unspecified atom stereocenters. The van der Waals surface area contributed by atoms with Crippen molar-refractivity contribution in [1.29, 1.82) is 0 Å². The van der Waals surface area contributed by atoms with Crippen LogP contribution in [0.15, 0.2) is 29.1 Å². The predicted molar refractivity (Wildman–Crippen MR) is 77.0 cm³/mol. The van der Waals surface area contributed by atoms with E-state index >= 15 is 0 Å². The monoisotopic (exact) mass is 289 g/mol. The van der Waals surface area contributed by atoms with E-state index in [1.54, 1.807) is 0 Å². The molecule has 1 aliphatic carbocycles. The molecule has 1 N–H and O–H groups in total. The zero-order valence-corrected chi connectivity index (χ0v) is 11.5. The Bertz CT molecular complexity index is 760. The quantitative estimate of drug-likeness (QED) is 0.945. The Hall–Kier alpha value is -2.17. The predicted octanol–water partition coefficient (Wildman–Crippen LogP) is 2.88. The normalized spacial score (nSPS) is 15.7. The van der Waals surface area contributed by atoms with E-state index in [0.29, 0.717) is 16.6 Å². The van der Waals surface area contributed by atoms with Crippen molar-refractivity contribution < 1.29 is 14.3 Å². The lowest BCUT2D eigenvalue weighted by Crippen LogP contribution is -2.20. The summed E-state index contributed by atoms with van der Waals surface area (Å²) in [5, 5.41) is 9.50. The second kappa shape index (κ2) is 5.31. The number of carboxylic acids is 1. The zero-order valence-electron chi connectivity index (χ0n) is 11.5. The van der Waals surface area contributed by atoms with E-state index in [1.165, 1.54) is 24.3 Å². The fourth-order valence-corrected chi connectivity index (χ4v) is 3.25. The molecule has 0 amide bonds. The maximum absolute atomic E-state index is 13.6. The summed E-state index contributed by atoms with van der Waals surface area (Å²) in [4.78, 5) is 23.2. The minimum absolute atomic E-state index is 0.143. The van der Waals surface area contributed by atoms with Crippen LogP contribution in [0, 0.1) is 5.82 Å². The molecule has 1 aliphatic rings. The Balaban J connectivity index is 2.30. The van der Waals surface area contributed by atoms with Crippen molar-refractivity contribution in [2.24, 2.45) is 0 Å². The number of halogens is 1. The molecule has 1 saturated carbocycles. The Labute approximate surface area is 120 Å². The summed E-state index contributed by atoms with van der Waals surface area (Å²) in [6.45, 7) is 0. The molecular weight excluding hydrogens is 273 g/mol. The van der Waals surface area contributed by atoms with Crippen LogP contribution in [0.4, 0.5) is 4.39 Å². The second-order valence-corrected chi connectivity index (χ2v) is 5.54. The van der Waals surface area contributed by atoms with Crippen LogP contribution in [0.1, 0.15) is 37.4 Å². The van der Waals surface area contributed by atoms with E-state index in [2.05, 4.69) is 0 Å². The molecule has 1 heterocycles. The summed E-state index contributed by atoms with van der Waals surface area (Å²) in [7, 11) is 0. The molecule has 0 spiro atoms. The summed E-state index contributed by atoms with van der Waals surface area (Å²) in [5.41, 5.74) is 0.707. The fraction of sp³-hybridized carbons (Fsp3) is 0.375. The lowest BCUT2D eigenvalue weighted by atomic mass is 10.1. The number of fused-ring (bicyclic) bond motifs is 1. The molecule has 110 valence electrons. The van der Waals surface area contributed by atoms with Gasteiger partial charge in [0.05, 0.1) is 11.9 Å². The molecule has 0 saturated heterocycles. The second-order valence-electron chi connectivity index (χ2n) is 5.54. The summed E-state index contributed by atoms with van der Waals surface area (Å²) >= 11 is 0. The van der Waals surface area contributed by atoms with Crippen molar-refractivity contribution in [3.63, 3.8) is 0 Å². The van der Waals surface area contributed by atoms with Gasteiger partial charge in [0.2, 0.25) is 0 Å². The highest BCUT2D eigenvalue weighted by Gasteiger charge is 2.22. The number of hydrogen-bond acceptors (Lipinski definition) is 2. The number of benzene rings is 1. The maximum atomic E-state index is 13.6. The van der Waals surface area contributed by atoms with Gasteiger partial charge in [-0.2, -0.15) is 0 Å². The molecule has 1 aromatic heterocycles. The molecule has 21 heavy (non-hydrogen) atoms. The molecule has 1 fully saturated rings. The molecule has 0 aliphatic heterocycles. The lowest BCUT2D eigenvalue weighted by Gasteiger charge is -2.22. The van der Waals surface area contributed by atoms with Crippen LogP contribution in [0.5, 0.6) is 0 Å². The Morgan fingerprint density at radius 2 is 2.00 bits per heavy atom. The van der Waals surface area contributed by atoms with Gasteiger partial charge in [-0.3, -0.25) is 9.59 Å². The SMILES string of the molecule is O=C(O)Cc1cc(=O)c2ccc(F)cc2n1C1CCCC1. The molecule has 0 bridgehead atoms. The van der Waals surface area contributed by atoms with Crippen LogP contribution in [0.25, 0.3) is 10.9 Å². The van der Waals surface area contributed by atoms with Gasteiger partial charge < -0.3 is 9.67 Å². The van der Waals surface area contributed by atoms with E-state index in [9.17, 15) is 14.0 Å². The van der Waals surface area contributed by atoms with Gasteiger partial charge in [-0.15, -0.1) is 0 Å². The van der Waals surface area contributed by atoms with Gasteiger partial charge >= 0.3 is 5.97 Å². The van der Waals surface area contributed by atoms with Crippen LogP contribution in [-0.4, -0.2) is 15.6 Å². The first-order valence-corrected chi connectivity index (χ1v) is 7.12. The highest BCUT2D eigenvalue weighted by Crippen LogP contribution is 2.33. The van der Waals surface area contributed by atoms with Crippen LogP contribution in [0.2, 0.25) is 0 Å². The Kier molecular flexibility index (Phi) is 3.49. The molecule has 0 atom stereocenters. The minimum Gasteiger partial charge on any atom is -0.481 e. The van der Waals surface area contributed by atoms with Gasteiger partial charge in [0, 0.05) is 23.2 Å². The number of hydrogen-bond donors (Lipinski definition) is 1. The summed E-state index contributed by atoms with van der Waals surface area (Å²) < 4.78 is 15.5. The molecule has 4 nitrogen and oxygen atoms in total. The number of aromatic nitrogens is 1. The van der Waals surface area contributed by atoms with Gasteiger partial charge in [-0.05, 0) is 31.0 Å². The Morgan fingerprint density at radius 3 is 2.67 bits per heavy atom. The first kappa shape index (κ1) is 13.8. The first-order chi connectivity index (χ1) is 10.1. The molecule has 2 aromatic rings. The highest BCUT2D eigenvalue weighted by atomic mass is 19.1. The van der Waals surface area contributed by atoms with E-state index in [1.807, 2.05) is 4.57 Å². The molecule has 5 heteroatoms. The molecule has 3 rings (SSSR count). The topological polar surface area (TPSA) is 59.3 Å². The van der Waals surface area contributed by atoms with Gasteiger partial charge in [-0.1, -0.05) is 12.8 Å². The number of rotatable bonds is 3. The number of carboxylic acid groups (broad SMARTS) is 1. The summed E-state index contributed by atoms with van der Waals surface area (Å²) in [6, 6.07) is 5.60. The van der Waals surface area contributed by atoms with E-state index in [0.717, 1.165) is 25.7 Å². The van der Waals surface area contributed by atoms with Crippen molar-refractivity contribution >= 4 is 16.9 Å². The standard InChI is InChI=1S/C16H16FNO3/c17-10-5-6-13-14(7-10)18(11-3-1-2-4-11)12(8-15(13)19)9-16(20)21/h5-8,11H,1-4,9H2,(H,20,21). The van der Waals surface area contributed by atoms with Crippen molar-refractivity contribution in [2.75, 3.05) is 0 Å². The summed E-state index contributed by atoms with van der Waals surface area (Å²) in [6.07, 6.45) is 3.78. The number of carbonyl (C=O) groups is 1. The third-order valence-electron chi connectivity index (χ3n) is 4.11. The van der Waals surface area contributed by atoms with Crippen molar-refractivity contribution in [1.82, 2.24) is 4.57 Å². The van der Waals surface area contributed by atoms with Gasteiger partial charge in [0.25, 0.3) is 0 Å². The van der Waals surface area contributed by atoms with E-state index in [-0.39, 0.29) is 17.9 Å². The van der Waals surface area contributed by atoms with Gasteiger partial charge in [0.1, 0.15) is 5.82 Å². The van der Waals surface area contributed by atoms with Gasteiger partial charge in [0.15, 0.2) is 5.43 Å². The van der Waals surface area contributed by atoms with Gasteiger partial charge in [-0.25, -0.2) is 4.39 Å². The number of aliphatic carboxylic acids is 1. The zero-order chi connectivity index (χ0) is 15.0. The van der Waals surface area contributed by atoms with Crippen molar-refractivity contribution in [2.45, 2.75) is 38.1 Å². The smallest absolute Gasteiger partial charge is 0.309 e. The largest absolute Gasteiger partial charge is 0.481 e. The fourth-order valence-electron chi connectivity index (χ4n) is 3.25. The highest BCUT2D eigenvalue weighted by molar-refractivity contribution is 5.80. The molecular formula is C16H16FNO3. The maximum Gasteiger partial charge on any atom is 0.309 e. The first-order valence-electron chi connectivity index (χ1n) is 7.12. The Morgan fingerprint density at radius 1 is 1.29 bits per heavy atom. The average molecular weight is 289 g/mol. The van der Waals surface area contributed by atoms with Crippen molar-refractivity contribution in [3.8, 4) is 0 Å². The molecule has 1 aromatic carbocycles. The summed E-state index contributed by atoms with van der Waals surface area (Å²) in [5.74, 6) is -1.40. The van der Waals surface area contributed by atoms with Crippen molar-refractivity contribution in [3.05, 3.63) is 46.0 Å². The number of pyridine rings is 1. The van der Waals surface area contributed by atoms with E-state index in [4.69, 9.17) is 5.11 Å². The van der Waals surface area contributed by atoms with Crippen LogP contribution in [0.3, 0.4) is 0 Å². The third kappa shape index (κ3) is 2.55. The average Bonchev–Trinajstić information content (AvgIpc) is 2.91. The van der Waals surface area contributed by atoms with Crippen LogP contribution in [-0.2, 0) is 11.2 Å². The minimum atomic E-state index is -0.989. The van der Waals surface area contributed by atoms with Crippen LogP contribution < -0.4 is 5.43 Å².